The van der Waals surface area contributed by atoms with Gasteiger partial charge in [-0.2, -0.15) is 0 Å². The van der Waals surface area contributed by atoms with Gasteiger partial charge in [-0.05, 0) is 63.8 Å². The van der Waals surface area contributed by atoms with Gasteiger partial charge in [0.25, 0.3) is 0 Å². The summed E-state index contributed by atoms with van der Waals surface area (Å²) in [7, 11) is 0. The molecular weight excluding hydrogens is 314 g/mol. The van der Waals surface area contributed by atoms with Crippen LogP contribution in [0.4, 0.5) is 22.1 Å². The van der Waals surface area contributed by atoms with Crippen molar-refractivity contribution >= 4 is 23.4 Å². The van der Waals surface area contributed by atoms with Gasteiger partial charge >= 0.3 is 6.03 Å². The average molecular weight is 339 g/mol. The molecule has 1 fully saturated rings. The predicted molar refractivity (Wildman–Crippen MR) is 102 cm³/mol. The number of hydrogen-bond acceptors (Lipinski definition) is 4. The van der Waals surface area contributed by atoms with Crippen LogP contribution in [-0.2, 0) is 0 Å². The maximum Gasteiger partial charge on any atom is 0.323 e. The van der Waals surface area contributed by atoms with Crippen LogP contribution in [0.2, 0.25) is 0 Å². The van der Waals surface area contributed by atoms with Crippen molar-refractivity contribution in [3.63, 3.8) is 0 Å². The summed E-state index contributed by atoms with van der Waals surface area (Å²) in [6, 6.07) is 5.68. The van der Waals surface area contributed by atoms with Crippen LogP contribution in [0, 0.1) is 27.7 Å². The van der Waals surface area contributed by atoms with Crippen molar-refractivity contribution in [1.82, 2.24) is 9.97 Å². The van der Waals surface area contributed by atoms with Crippen LogP contribution in [0.3, 0.4) is 0 Å². The molecule has 0 aliphatic carbocycles. The van der Waals surface area contributed by atoms with Crippen LogP contribution in [0.15, 0.2) is 18.2 Å². The summed E-state index contributed by atoms with van der Waals surface area (Å²) in [5.41, 5.74) is 5.24. The minimum absolute atomic E-state index is 0.284. The summed E-state index contributed by atoms with van der Waals surface area (Å²) < 4.78 is 0. The second kappa shape index (κ2) is 7.09. The first kappa shape index (κ1) is 17.2. The Hall–Kier alpha value is -2.63. The van der Waals surface area contributed by atoms with E-state index in [1.165, 1.54) is 12.8 Å². The van der Waals surface area contributed by atoms with Gasteiger partial charge in [-0.1, -0.05) is 6.07 Å². The first-order chi connectivity index (χ1) is 11.9. The smallest absolute Gasteiger partial charge is 0.323 e. The van der Waals surface area contributed by atoms with Crippen molar-refractivity contribution in [2.45, 2.75) is 40.5 Å². The molecule has 0 atom stereocenters. The molecule has 1 saturated heterocycles. The Balaban J connectivity index is 1.74. The highest BCUT2D eigenvalue weighted by Gasteiger charge is 2.18. The fourth-order valence-corrected chi connectivity index (χ4v) is 3.26. The highest BCUT2D eigenvalue weighted by atomic mass is 16.2. The molecular formula is C19H25N5O. The van der Waals surface area contributed by atoms with Crippen LogP contribution in [0.25, 0.3) is 0 Å². The van der Waals surface area contributed by atoms with Crippen molar-refractivity contribution in [2.24, 2.45) is 0 Å². The fourth-order valence-electron chi connectivity index (χ4n) is 3.26. The number of nitrogens with zero attached hydrogens (tertiary/aromatic N) is 3. The topological polar surface area (TPSA) is 70.2 Å². The molecule has 0 radical (unpaired) electrons. The van der Waals surface area contributed by atoms with Gasteiger partial charge in [0.05, 0.1) is 17.1 Å². The first-order valence-corrected chi connectivity index (χ1v) is 8.69. The highest BCUT2D eigenvalue weighted by Crippen LogP contribution is 2.23. The Bertz CT molecular complexity index is 753. The number of hydrogen-bond donors (Lipinski definition) is 2. The quantitative estimate of drug-likeness (QED) is 0.888. The van der Waals surface area contributed by atoms with Gasteiger partial charge in [-0.25, -0.2) is 14.8 Å². The van der Waals surface area contributed by atoms with Crippen molar-refractivity contribution in [3.8, 4) is 0 Å². The molecule has 25 heavy (non-hydrogen) atoms. The zero-order valence-corrected chi connectivity index (χ0v) is 15.3. The van der Waals surface area contributed by atoms with Crippen LogP contribution >= 0.6 is 0 Å². The van der Waals surface area contributed by atoms with Gasteiger partial charge in [0, 0.05) is 18.8 Å². The Labute approximate surface area is 148 Å². The molecule has 0 saturated carbocycles. The van der Waals surface area contributed by atoms with Gasteiger partial charge in [-0.3, -0.25) is 0 Å². The molecule has 0 bridgehead atoms. The Morgan fingerprint density at radius 1 is 0.920 bits per heavy atom. The van der Waals surface area contributed by atoms with Gasteiger partial charge < -0.3 is 15.5 Å². The fraction of sp³-hybridized carbons (Fsp3) is 0.421. The molecule has 6 nitrogen and oxygen atoms in total. The minimum Gasteiger partial charge on any atom is -0.341 e. The second-order valence-electron chi connectivity index (χ2n) is 6.72. The van der Waals surface area contributed by atoms with E-state index in [1.54, 1.807) is 0 Å². The maximum atomic E-state index is 12.4. The van der Waals surface area contributed by atoms with Gasteiger partial charge in [-0.15, -0.1) is 0 Å². The summed E-state index contributed by atoms with van der Waals surface area (Å²) in [5, 5.41) is 5.77. The zero-order valence-electron chi connectivity index (χ0n) is 15.3. The summed E-state index contributed by atoms with van der Waals surface area (Å²) in [5.74, 6) is 0.757. The van der Waals surface area contributed by atoms with Gasteiger partial charge in [0.1, 0.15) is 0 Å². The normalized spacial score (nSPS) is 13.8. The van der Waals surface area contributed by atoms with E-state index in [4.69, 9.17) is 0 Å². The number of carbonyl (C=O) groups excluding carboxylic acids is 1. The minimum atomic E-state index is -0.284. The number of rotatable bonds is 3. The zero-order chi connectivity index (χ0) is 18.0. The second-order valence-corrected chi connectivity index (χ2v) is 6.72. The molecule has 2 N–H and O–H groups in total. The van der Waals surface area contributed by atoms with E-state index in [9.17, 15) is 4.79 Å². The Morgan fingerprint density at radius 3 is 2.04 bits per heavy atom. The van der Waals surface area contributed by atoms with Crippen molar-refractivity contribution < 1.29 is 4.79 Å². The summed E-state index contributed by atoms with van der Waals surface area (Å²) in [6.45, 7) is 9.82. The van der Waals surface area contributed by atoms with E-state index >= 15 is 0 Å². The SMILES string of the molecule is Cc1cc(C)cc(NC(=O)Nc2c(C)nc(N3CCCC3)nc2C)c1. The largest absolute Gasteiger partial charge is 0.341 e. The third kappa shape index (κ3) is 4.07. The number of anilines is 3. The molecule has 1 aromatic carbocycles. The average Bonchev–Trinajstić information content (AvgIpc) is 3.04. The van der Waals surface area contributed by atoms with Crippen molar-refractivity contribution in [2.75, 3.05) is 28.6 Å². The molecule has 1 aliphatic heterocycles. The lowest BCUT2D eigenvalue weighted by molar-refractivity contribution is 0.262. The number of benzene rings is 1. The van der Waals surface area contributed by atoms with E-state index < -0.39 is 0 Å². The van der Waals surface area contributed by atoms with E-state index in [1.807, 2.05) is 39.8 Å². The number of aryl methyl sites for hydroxylation is 4. The summed E-state index contributed by atoms with van der Waals surface area (Å²) >= 11 is 0. The monoisotopic (exact) mass is 339 g/mol. The van der Waals surface area contributed by atoms with Crippen LogP contribution < -0.4 is 15.5 Å². The number of amides is 2. The highest BCUT2D eigenvalue weighted by molar-refractivity contribution is 6.00. The molecule has 0 spiro atoms. The van der Waals surface area contributed by atoms with Crippen LogP contribution in [-0.4, -0.2) is 29.1 Å². The standard InChI is InChI=1S/C19H25N5O/c1-12-9-13(2)11-16(10-12)22-19(25)23-17-14(3)20-18(21-15(17)4)24-7-5-6-8-24/h9-11H,5-8H2,1-4H3,(H2,22,23,25). The lowest BCUT2D eigenvalue weighted by atomic mass is 10.1. The maximum absolute atomic E-state index is 12.4. The van der Waals surface area contributed by atoms with Crippen molar-refractivity contribution in [1.29, 1.82) is 0 Å². The Kier molecular flexibility index (Phi) is 4.88. The van der Waals surface area contributed by atoms with Crippen LogP contribution in [0.1, 0.15) is 35.4 Å². The molecule has 6 heteroatoms. The molecule has 1 aromatic heterocycles. The predicted octanol–water partition coefficient (Wildman–Crippen LogP) is 3.95. The summed E-state index contributed by atoms with van der Waals surface area (Å²) in [4.78, 5) is 23.7. The summed E-state index contributed by atoms with van der Waals surface area (Å²) in [6.07, 6.45) is 2.36. The molecule has 3 rings (SSSR count). The van der Waals surface area contributed by atoms with E-state index in [0.29, 0.717) is 5.69 Å². The number of aromatic nitrogens is 2. The van der Waals surface area contributed by atoms with E-state index in [-0.39, 0.29) is 6.03 Å². The molecule has 2 heterocycles. The van der Waals surface area contributed by atoms with Crippen molar-refractivity contribution in [3.05, 3.63) is 40.7 Å². The molecule has 2 amide bonds. The lowest BCUT2D eigenvalue weighted by Gasteiger charge is -2.18. The molecule has 132 valence electrons. The number of urea groups is 1. The van der Waals surface area contributed by atoms with Crippen LogP contribution in [0.5, 0.6) is 0 Å². The number of nitrogens with one attached hydrogen (secondary N) is 2. The van der Waals surface area contributed by atoms with E-state index in [2.05, 4.69) is 31.6 Å². The van der Waals surface area contributed by atoms with Gasteiger partial charge in [0.15, 0.2) is 0 Å². The molecule has 0 unspecified atom stereocenters. The third-order valence-electron chi connectivity index (χ3n) is 4.37. The third-order valence-corrected chi connectivity index (χ3v) is 4.37. The molecule has 2 aromatic rings. The van der Waals surface area contributed by atoms with E-state index in [0.717, 1.165) is 47.2 Å². The first-order valence-electron chi connectivity index (χ1n) is 8.69. The lowest BCUT2D eigenvalue weighted by Crippen LogP contribution is -2.24. The number of carbonyl (C=O) groups is 1. The molecule has 1 aliphatic rings. The Morgan fingerprint density at radius 2 is 1.48 bits per heavy atom. The van der Waals surface area contributed by atoms with Gasteiger partial charge in [0.2, 0.25) is 5.95 Å².